The normalized spacial score (nSPS) is 12.5. The zero-order chi connectivity index (χ0) is 32.8. The van der Waals surface area contributed by atoms with Gasteiger partial charge in [0.2, 0.25) is 22.4 Å². The minimum absolute atomic E-state index is 0.0181. The summed E-state index contributed by atoms with van der Waals surface area (Å²) in [7, 11) is -15.2. The van der Waals surface area contributed by atoms with Gasteiger partial charge >= 0.3 is 0 Å². The molecule has 1 amide bonds. The van der Waals surface area contributed by atoms with Crippen molar-refractivity contribution in [3.63, 3.8) is 0 Å². The highest BCUT2D eigenvalue weighted by Gasteiger charge is 2.26. The molecule has 1 heterocycles. The lowest BCUT2D eigenvalue weighted by Gasteiger charge is -2.15. The van der Waals surface area contributed by atoms with Gasteiger partial charge < -0.3 is 15.7 Å². The number of carbonyl (C=O) groups is 1. The molecule has 23 heteroatoms. The molecule has 0 aliphatic rings. The van der Waals surface area contributed by atoms with Crippen molar-refractivity contribution >= 4 is 98.9 Å². The summed E-state index contributed by atoms with van der Waals surface area (Å²) in [6, 6.07) is 5.08. The van der Waals surface area contributed by atoms with E-state index in [9.17, 15) is 48.8 Å². The molecule has 0 radical (unpaired) electrons. The second-order valence-corrected chi connectivity index (χ2v) is 13.3. The molecule has 0 saturated heterocycles. The minimum atomic E-state index is -5.28. The number of anilines is 3. The second kappa shape index (κ2) is 11.8. The Kier molecular flexibility index (Phi) is 8.78. The molecular formula is C21H15Cl2N7O11S3. The van der Waals surface area contributed by atoms with Gasteiger partial charge in [0.15, 0.2) is 5.75 Å². The Bertz CT molecular complexity index is 2210. The molecular weight excluding hydrogens is 693 g/mol. The Morgan fingerprint density at radius 3 is 1.98 bits per heavy atom. The van der Waals surface area contributed by atoms with Gasteiger partial charge in [0.25, 0.3) is 30.4 Å². The largest absolute Gasteiger partial charge is 0.505 e. The summed E-state index contributed by atoms with van der Waals surface area (Å²) in [5.74, 6) is -2.06. The van der Waals surface area contributed by atoms with Crippen molar-refractivity contribution in [3.8, 4) is 5.75 Å². The van der Waals surface area contributed by atoms with E-state index < -0.39 is 101 Å². The van der Waals surface area contributed by atoms with Crippen LogP contribution in [0.4, 0.5) is 28.7 Å². The zero-order valence-corrected chi connectivity index (χ0v) is 25.3. The summed E-state index contributed by atoms with van der Waals surface area (Å²) >= 11 is 11.5. The number of rotatable bonds is 8. The molecule has 4 aromatic rings. The number of benzene rings is 3. The first-order valence-electron chi connectivity index (χ1n) is 11.2. The zero-order valence-electron chi connectivity index (χ0n) is 21.3. The van der Waals surface area contributed by atoms with Gasteiger partial charge in [-0.25, -0.2) is 0 Å². The molecule has 3 aromatic carbocycles. The summed E-state index contributed by atoms with van der Waals surface area (Å²) in [4.78, 5) is 19.7. The highest BCUT2D eigenvalue weighted by atomic mass is 35.5. The molecule has 1 aromatic heterocycles. The number of aromatic nitrogens is 3. The van der Waals surface area contributed by atoms with Gasteiger partial charge in [0.1, 0.15) is 21.2 Å². The molecule has 4 rings (SSSR count). The van der Waals surface area contributed by atoms with Crippen molar-refractivity contribution < 1.29 is 48.8 Å². The number of azo groups is 1. The van der Waals surface area contributed by atoms with Gasteiger partial charge in [-0.15, -0.1) is 10.2 Å². The molecule has 0 unspecified atom stereocenters. The van der Waals surface area contributed by atoms with Crippen LogP contribution in [0.3, 0.4) is 0 Å². The van der Waals surface area contributed by atoms with Gasteiger partial charge in [-0.3, -0.25) is 18.5 Å². The van der Waals surface area contributed by atoms with Crippen LogP contribution in [0.1, 0.15) is 6.92 Å². The maximum atomic E-state index is 12.3. The summed E-state index contributed by atoms with van der Waals surface area (Å²) in [5, 5.41) is 21.6. The fourth-order valence-electron chi connectivity index (χ4n) is 3.70. The van der Waals surface area contributed by atoms with Gasteiger partial charge in [0, 0.05) is 18.0 Å². The van der Waals surface area contributed by atoms with Crippen molar-refractivity contribution in [2.75, 3.05) is 10.6 Å². The van der Waals surface area contributed by atoms with E-state index >= 15 is 0 Å². The third-order valence-electron chi connectivity index (χ3n) is 5.34. The lowest BCUT2D eigenvalue weighted by Crippen LogP contribution is -2.06. The van der Waals surface area contributed by atoms with Crippen molar-refractivity contribution in [3.05, 3.63) is 47.0 Å². The number of carbonyl (C=O) groups excluding carboxylic acids is 1. The van der Waals surface area contributed by atoms with E-state index in [1.165, 1.54) is 0 Å². The second-order valence-electron chi connectivity index (χ2n) is 8.45. The van der Waals surface area contributed by atoms with Crippen LogP contribution in [0, 0.1) is 0 Å². The number of hydrogen-bond donors (Lipinski definition) is 6. The maximum Gasteiger partial charge on any atom is 0.296 e. The van der Waals surface area contributed by atoms with E-state index in [2.05, 4.69) is 35.8 Å². The Hall–Kier alpha value is -4.09. The minimum Gasteiger partial charge on any atom is -0.505 e. The molecule has 0 bridgehead atoms. The van der Waals surface area contributed by atoms with Crippen LogP contribution < -0.4 is 10.6 Å². The molecule has 6 N–H and O–H groups in total. The summed E-state index contributed by atoms with van der Waals surface area (Å²) in [6.45, 7) is 1.14. The smallest absolute Gasteiger partial charge is 0.296 e. The molecule has 18 nitrogen and oxygen atoms in total. The van der Waals surface area contributed by atoms with Gasteiger partial charge in [-0.1, -0.05) is 0 Å². The van der Waals surface area contributed by atoms with Crippen molar-refractivity contribution in [2.45, 2.75) is 21.6 Å². The Labute approximate surface area is 257 Å². The highest BCUT2D eigenvalue weighted by molar-refractivity contribution is 7.86. The summed E-state index contributed by atoms with van der Waals surface area (Å²) in [6.07, 6.45) is 0. The number of nitrogens with one attached hydrogen (secondary N) is 2. The van der Waals surface area contributed by atoms with Crippen LogP contribution in [0.25, 0.3) is 10.8 Å². The van der Waals surface area contributed by atoms with Gasteiger partial charge in [0.05, 0.1) is 10.6 Å². The summed E-state index contributed by atoms with van der Waals surface area (Å²) in [5.41, 5.74) is -2.07. The SMILES string of the molecule is CC(=O)Nc1ccc(S(=O)(=O)O)c(N=Nc2c(S(=O)(=O)O)cc3cc(S(=O)(=O)O)cc(Nc4nc(Cl)nc(Cl)n4)c3c2O)c1. The van der Waals surface area contributed by atoms with Crippen LogP contribution in [0.2, 0.25) is 10.6 Å². The van der Waals surface area contributed by atoms with E-state index in [4.69, 9.17) is 23.2 Å². The fourth-order valence-corrected chi connectivity index (χ4v) is 5.87. The standard InChI is InChI=1S/C21H15Cl2N7O11S3/c1-8(31)24-10-2-3-14(43(36,37)38)12(6-10)29-30-17-15(44(39,40)41)5-9-4-11(42(33,34)35)7-13(16(9)18(17)32)25-21-27-19(22)26-20(23)28-21/h2-7,32H,1H3,(H,24,31)(H,33,34,35)(H,36,37,38)(H,39,40,41)(H,25,26,27,28). The topological polar surface area (TPSA) is 288 Å². The highest BCUT2D eigenvalue weighted by Crippen LogP contribution is 2.46. The van der Waals surface area contributed by atoms with E-state index in [0.29, 0.717) is 6.07 Å². The lowest BCUT2D eigenvalue weighted by molar-refractivity contribution is -0.114. The van der Waals surface area contributed by atoms with Crippen LogP contribution in [-0.2, 0) is 35.1 Å². The molecule has 0 saturated carbocycles. The number of hydrogen-bond acceptors (Lipinski definition) is 14. The number of nitrogens with zero attached hydrogens (tertiary/aromatic N) is 5. The van der Waals surface area contributed by atoms with E-state index in [-0.39, 0.29) is 5.69 Å². The van der Waals surface area contributed by atoms with E-state index in [1.807, 2.05) is 0 Å². The average Bonchev–Trinajstić information content (AvgIpc) is 2.85. The predicted octanol–water partition coefficient (Wildman–Crippen LogP) is 3.89. The van der Waals surface area contributed by atoms with Crippen LogP contribution in [-0.4, -0.2) is 64.9 Å². The van der Waals surface area contributed by atoms with E-state index in [1.54, 1.807) is 0 Å². The van der Waals surface area contributed by atoms with Gasteiger partial charge in [-0.05, 0) is 65.0 Å². The first kappa shape index (κ1) is 32.8. The Balaban J connectivity index is 2.06. The van der Waals surface area contributed by atoms with Crippen LogP contribution in [0.5, 0.6) is 5.75 Å². The molecule has 0 fully saturated rings. The molecule has 0 aliphatic carbocycles. The Morgan fingerprint density at radius 1 is 0.818 bits per heavy atom. The first-order valence-corrected chi connectivity index (χ1v) is 16.3. The molecule has 0 aliphatic heterocycles. The number of phenols is 1. The van der Waals surface area contributed by atoms with Crippen LogP contribution >= 0.6 is 23.2 Å². The quantitative estimate of drug-likeness (QED) is 0.112. The lowest BCUT2D eigenvalue weighted by atomic mass is 10.1. The first-order chi connectivity index (χ1) is 20.2. The number of aromatic hydroxyl groups is 1. The predicted molar refractivity (Wildman–Crippen MR) is 153 cm³/mol. The number of fused-ring (bicyclic) bond motifs is 1. The van der Waals surface area contributed by atoms with Crippen LogP contribution in [0.15, 0.2) is 61.3 Å². The third kappa shape index (κ3) is 7.34. The van der Waals surface area contributed by atoms with Crippen molar-refractivity contribution in [1.82, 2.24) is 15.0 Å². The third-order valence-corrected chi connectivity index (χ3v) is 8.28. The number of halogens is 2. The monoisotopic (exact) mass is 707 g/mol. The van der Waals surface area contributed by atoms with E-state index in [0.717, 1.165) is 37.3 Å². The molecule has 44 heavy (non-hydrogen) atoms. The molecule has 0 atom stereocenters. The number of amides is 1. The number of phenolic OH excluding ortho intramolecular Hbond substituents is 1. The van der Waals surface area contributed by atoms with Crippen molar-refractivity contribution in [2.24, 2.45) is 10.2 Å². The van der Waals surface area contributed by atoms with Crippen molar-refractivity contribution in [1.29, 1.82) is 0 Å². The average molecular weight is 708 g/mol. The maximum absolute atomic E-state index is 12.3. The molecule has 0 spiro atoms. The Morgan fingerprint density at radius 2 is 1.43 bits per heavy atom. The summed E-state index contributed by atoms with van der Waals surface area (Å²) < 4.78 is 102. The van der Waals surface area contributed by atoms with Gasteiger partial charge in [-0.2, -0.15) is 40.2 Å². The fraction of sp³-hybridized carbons (Fsp3) is 0.0476. The molecule has 232 valence electrons.